The van der Waals surface area contributed by atoms with Crippen LogP contribution in [0.3, 0.4) is 0 Å². The van der Waals surface area contributed by atoms with Gasteiger partial charge in [0.25, 0.3) is 0 Å². The molecule has 2 heterocycles. The summed E-state index contributed by atoms with van der Waals surface area (Å²) < 4.78 is 39.4. The van der Waals surface area contributed by atoms with Crippen molar-refractivity contribution in [3.63, 3.8) is 0 Å². The molecule has 17 heavy (non-hydrogen) atoms. The zero-order valence-corrected chi connectivity index (χ0v) is 9.28. The molecule has 6 heteroatoms. The van der Waals surface area contributed by atoms with E-state index in [1.54, 1.807) is 19.2 Å². The zero-order valence-electron chi connectivity index (χ0n) is 9.28. The normalized spacial score (nSPS) is 11.8. The first-order valence-corrected chi connectivity index (χ1v) is 4.91. The van der Waals surface area contributed by atoms with E-state index >= 15 is 0 Å². The number of rotatable bonds is 1. The molecule has 3 nitrogen and oxygen atoms in total. The Labute approximate surface area is 95.9 Å². The topological polar surface area (TPSA) is 30.7 Å². The Bertz CT molecular complexity index is 543. The maximum absolute atomic E-state index is 12.8. The molecule has 0 unspecified atom stereocenters. The van der Waals surface area contributed by atoms with Crippen molar-refractivity contribution < 1.29 is 13.2 Å². The number of aromatic nitrogens is 3. The van der Waals surface area contributed by atoms with E-state index < -0.39 is 11.9 Å². The van der Waals surface area contributed by atoms with Crippen molar-refractivity contribution in [2.45, 2.75) is 13.1 Å². The fourth-order valence-corrected chi connectivity index (χ4v) is 1.61. The molecule has 0 saturated heterocycles. The zero-order chi connectivity index (χ0) is 12.6. The second-order valence-electron chi connectivity index (χ2n) is 3.81. The molecule has 0 N–H and O–H groups in total. The van der Waals surface area contributed by atoms with Crippen molar-refractivity contribution in [3.8, 4) is 11.1 Å². The third-order valence-corrected chi connectivity index (χ3v) is 2.28. The molecule has 2 rings (SSSR count). The predicted molar refractivity (Wildman–Crippen MR) is 56.2 cm³/mol. The monoisotopic (exact) mass is 241 g/mol. The maximum atomic E-state index is 12.8. The van der Waals surface area contributed by atoms with Gasteiger partial charge in [0.15, 0.2) is 5.69 Å². The van der Waals surface area contributed by atoms with Crippen LogP contribution in [0.5, 0.6) is 0 Å². The van der Waals surface area contributed by atoms with Gasteiger partial charge in [-0.15, -0.1) is 0 Å². The van der Waals surface area contributed by atoms with Crippen LogP contribution in [0.2, 0.25) is 0 Å². The highest BCUT2D eigenvalue weighted by Crippen LogP contribution is 2.35. The van der Waals surface area contributed by atoms with Crippen LogP contribution < -0.4 is 0 Å². The average molecular weight is 241 g/mol. The first-order chi connectivity index (χ1) is 7.88. The van der Waals surface area contributed by atoms with Crippen LogP contribution in [0, 0.1) is 6.92 Å². The molecular formula is C11H10F3N3. The summed E-state index contributed by atoms with van der Waals surface area (Å²) in [6.45, 7) is 1.78. The van der Waals surface area contributed by atoms with Gasteiger partial charge in [0.2, 0.25) is 0 Å². The quantitative estimate of drug-likeness (QED) is 0.768. The summed E-state index contributed by atoms with van der Waals surface area (Å²) in [6, 6.07) is 1.65. The van der Waals surface area contributed by atoms with Gasteiger partial charge in [0.05, 0.1) is 0 Å². The molecule has 0 amide bonds. The number of alkyl halides is 3. The van der Waals surface area contributed by atoms with Crippen LogP contribution in [0.4, 0.5) is 13.2 Å². The van der Waals surface area contributed by atoms with Gasteiger partial charge < -0.3 is 0 Å². The van der Waals surface area contributed by atoms with Crippen molar-refractivity contribution >= 4 is 0 Å². The van der Waals surface area contributed by atoms with E-state index in [1.807, 2.05) is 0 Å². The Morgan fingerprint density at radius 1 is 1.24 bits per heavy atom. The third kappa shape index (κ3) is 2.30. The van der Waals surface area contributed by atoms with Gasteiger partial charge in [0.1, 0.15) is 0 Å². The van der Waals surface area contributed by atoms with Crippen molar-refractivity contribution in [1.29, 1.82) is 0 Å². The molecule has 0 spiro atoms. The van der Waals surface area contributed by atoms with Crippen LogP contribution in [0.1, 0.15) is 11.3 Å². The van der Waals surface area contributed by atoms with Crippen molar-refractivity contribution in [2.24, 2.45) is 7.05 Å². The van der Waals surface area contributed by atoms with Gasteiger partial charge >= 0.3 is 6.18 Å². The Balaban J connectivity index is 2.60. The minimum Gasteiger partial charge on any atom is -0.275 e. The fourth-order valence-electron chi connectivity index (χ4n) is 1.61. The van der Waals surface area contributed by atoms with Gasteiger partial charge in [-0.25, -0.2) is 0 Å². The molecule has 0 fully saturated rings. The molecule has 0 aliphatic carbocycles. The van der Waals surface area contributed by atoms with E-state index in [1.165, 1.54) is 19.4 Å². The average Bonchev–Trinajstić information content (AvgIpc) is 2.60. The minimum atomic E-state index is -4.46. The summed E-state index contributed by atoms with van der Waals surface area (Å²) in [5.41, 5.74) is 0.397. The van der Waals surface area contributed by atoms with Crippen LogP contribution in [-0.4, -0.2) is 14.8 Å². The van der Waals surface area contributed by atoms with Gasteiger partial charge in [-0.05, 0) is 18.6 Å². The van der Waals surface area contributed by atoms with Crippen LogP contribution in [-0.2, 0) is 13.2 Å². The highest BCUT2D eigenvalue weighted by molar-refractivity contribution is 5.65. The van der Waals surface area contributed by atoms with E-state index in [0.29, 0.717) is 5.56 Å². The van der Waals surface area contributed by atoms with E-state index in [0.717, 1.165) is 10.2 Å². The molecule has 2 aromatic rings. The predicted octanol–water partition coefficient (Wildman–Crippen LogP) is 2.81. The maximum Gasteiger partial charge on any atom is 0.435 e. The third-order valence-electron chi connectivity index (χ3n) is 2.28. The molecule has 0 atom stereocenters. The lowest BCUT2D eigenvalue weighted by Gasteiger charge is -2.06. The molecule has 0 radical (unpaired) electrons. The molecule has 0 bridgehead atoms. The largest absolute Gasteiger partial charge is 0.435 e. The highest BCUT2D eigenvalue weighted by atomic mass is 19.4. The van der Waals surface area contributed by atoms with Crippen LogP contribution in [0.15, 0.2) is 24.7 Å². The minimum absolute atomic E-state index is 0.0520. The second-order valence-corrected chi connectivity index (χ2v) is 3.81. The Morgan fingerprint density at radius 3 is 2.53 bits per heavy atom. The summed E-state index contributed by atoms with van der Waals surface area (Å²) in [7, 11) is 1.46. The number of nitrogens with zero attached hydrogens (tertiary/aromatic N) is 3. The Hall–Kier alpha value is -1.85. The highest BCUT2D eigenvalue weighted by Gasteiger charge is 2.37. The molecule has 0 aromatic carbocycles. The van der Waals surface area contributed by atoms with E-state index in [2.05, 4.69) is 10.1 Å². The van der Waals surface area contributed by atoms with E-state index in [9.17, 15) is 13.2 Å². The summed E-state index contributed by atoms with van der Waals surface area (Å²) in [4.78, 5) is 3.89. The first kappa shape index (κ1) is 11.6. The van der Waals surface area contributed by atoms with Gasteiger partial charge in [-0.3, -0.25) is 9.67 Å². The SMILES string of the molecule is Cc1cncc(-c2cn(C)nc2C(F)(F)F)c1. The van der Waals surface area contributed by atoms with Gasteiger partial charge in [0, 0.05) is 36.8 Å². The lowest BCUT2D eigenvalue weighted by molar-refractivity contribution is -0.140. The van der Waals surface area contributed by atoms with Crippen molar-refractivity contribution in [3.05, 3.63) is 35.9 Å². The van der Waals surface area contributed by atoms with Gasteiger partial charge in [-0.2, -0.15) is 18.3 Å². The summed E-state index contributed by atoms with van der Waals surface area (Å²) >= 11 is 0. The number of halogens is 3. The Morgan fingerprint density at radius 2 is 1.94 bits per heavy atom. The van der Waals surface area contributed by atoms with E-state index in [-0.39, 0.29) is 5.56 Å². The second kappa shape index (κ2) is 3.87. The molecule has 2 aromatic heterocycles. The molecule has 90 valence electrons. The number of aryl methyl sites for hydroxylation is 2. The van der Waals surface area contributed by atoms with Crippen LogP contribution >= 0.6 is 0 Å². The molecule has 0 aliphatic heterocycles. The van der Waals surface area contributed by atoms with Crippen molar-refractivity contribution in [1.82, 2.24) is 14.8 Å². The Kier molecular flexibility index (Phi) is 2.65. The lowest BCUT2D eigenvalue weighted by Crippen LogP contribution is -2.08. The van der Waals surface area contributed by atoms with Crippen LogP contribution in [0.25, 0.3) is 11.1 Å². The van der Waals surface area contributed by atoms with Crippen molar-refractivity contribution in [2.75, 3.05) is 0 Å². The lowest BCUT2D eigenvalue weighted by atomic mass is 10.1. The summed E-state index contributed by atoms with van der Waals surface area (Å²) in [5.74, 6) is 0. The smallest absolute Gasteiger partial charge is 0.275 e. The fraction of sp³-hybridized carbons (Fsp3) is 0.273. The van der Waals surface area contributed by atoms with E-state index in [4.69, 9.17) is 0 Å². The summed E-state index contributed by atoms with van der Waals surface area (Å²) in [6.07, 6.45) is -0.119. The molecule has 0 aliphatic rings. The number of hydrogen-bond donors (Lipinski definition) is 0. The number of pyridine rings is 1. The first-order valence-electron chi connectivity index (χ1n) is 4.91. The van der Waals surface area contributed by atoms with Gasteiger partial charge in [-0.1, -0.05) is 0 Å². The summed E-state index contributed by atoms with van der Waals surface area (Å²) in [5, 5.41) is 3.45. The standard InChI is InChI=1S/C11H10F3N3/c1-7-3-8(5-15-4-7)9-6-17(2)16-10(9)11(12,13)14/h3-6H,1-2H3. The molecule has 0 saturated carbocycles. The number of hydrogen-bond acceptors (Lipinski definition) is 2. The molecular weight excluding hydrogens is 231 g/mol.